The largest absolute Gasteiger partial charge is 0.448 e. The zero-order valence-corrected chi connectivity index (χ0v) is 12.4. The maximum Gasteiger partial charge on any atom is 0.251 e. The van der Waals surface area contributed by atoms with Crippen molar-refractivity contribution < 1.29 is 14.3 Å². The number of anilines is 1. The molecular formula is C17H21NO3. The molecule has 0 unspecified atom stereocenters. The number of fused-ring (bicyclic) bond motifs is 1. The number of carbonyl (C=O) groups is 1. The average Bonchev–Trinajstić information content (AvgIpc) is 3.10. The Morgan fingerprint density at radius 1 is 1.19 bits per heavy atom. The van der Waals surface area contributed by atoms with Crippen molar-refractivity contribution >= 4 is 11.6 Å². The molecule has 2 atom stereocenters. The lowest BCUT2D eigenvalue weighted by atomic mass is 9.94. The summed E-state index contributed by atoms with van der Waals surface area (Å²) in [7, 11) is 0. The Bertz CT molecular complexity index is 577. The normalized spacial score (nSPS) is 28.4. The van der Waals surface area contributed by atoms with Crippen molar-refractivity contribution in [1.82, 2.24) is 0 Å². The summed E-state index contributed by atoms with van der Waals surface area (Å²) in [5.41, 5.74) is 0.800. The number of hydrogen-bond acceptors (Lipinski definition) is 3. The van der Waals surface area contributed by atoms with Gasteiger partial charge in [0.15, 0.2) is 11.5 Å². The Labute approximate surface area is 124 Å². The summed E-state index contributed by atoms with van der Waals surface area (Å²) in [5, 5.41) is 2.98. The first-order chi connectivity index (χ1) is 10.2. The third kappa shape index (κ3) is 2.37. The summed E-state index contributed by atoms with van der Waals surface area (Å²) in [6.07, 6.45) is 6.45. The predicted octanol–water partition coefficient (Wildman–Crippen LogP) is 3.71. The van der Waals surface area contributed by atoms with E-state index in [4.69, 9.17) is 9.47 Å². The van der Waals surface area contributed by atoms with Crippen LogP contribution in [0.25, 0.3) is 0 Å². The summed E-state index contributed by atoms with van der Waals surface area (Å²) in [4.78, 5) is 12.0. The molecule has 0 saturated heterocycles. The lowest BCUT2D eigenvalue weighted by Crippen LogP contribution is -2.40. The fourth-order valence-electron chi connectivity index (χ4n) is 3.39. The summed E-state index contributed by atoms with van der Waals surface area (Å²) >= 11 is 0. The van der Waals surface area contributed by atoms with Gasteiger partial charge in [0, 0.05) is 30.5 Å². The molecule has 2 fully saturated rings. The molecule has 0 bridgehead atoms. The second kappa shape index (κ2) is 4.65. The Morgan fingerprint density at radius 2 is 1.90 bits per heavy atom. The van der Waals surface area contributed by atoms with Crippen LogP contribution in [0.2, 0.25) is 0 Å². The van der Waals surface area contributed by atoms with E-state index in [2.05, 4.69) is 12.2 Å². The van der Waals surface area contributed by atoms with E-state index >= 15 is 0 Å². The van der Waals surface area contributed by atoms with Crippen molar-refractivity contribution in [3.05, 3.63) is 18.2 Å². The monoisotopic (exact) mass is 287 g/mol. The first-order valence-corrected chi connectivity index (χ1v) is 7.98. The molecule has 112 valence electrons. The zero-order chi connectivity index (χ0) is 14.4. The predicted molar refractivity (Wildman–Crippen MR) is 79.4 cm³/mol. The van der Waals surface area contributed by atoms with Gasteiger partial charge < -0.3 is 14.8 Å². The fraction of sp³-hybridized carbons (Fsp3) is 0.588. The zero-order valence-electron chi connectivity index (χ0n) is 12.4. The molecule has 4 heteroatoms. The minimum absolute atomic E-state index is 0.119. The number of rotatable bonds is 2. The van der Waals surface area contributed by atoms with E-state index in [0.29, 0.717) is 5.92 Å². The minimum atomic E-state index is -0.450. The Kier molecular flexibility index (Phi) is 2.88. The first kappa shape index (κ1) is 13.0. The Balaban J connectivity index is 1.49. The highest BCUT2D eigenvalue weighted by Gasteiger charge is 2.43. The molecular weight excluding hydrogens is 266 g/mol. The van der Waals surface area contributed by atoms with Crippen LogP contribution in [0.3, 0.4) is 0 Å². The molecule has 2 saturated carbocycles. The van der Waals surface area contributed by atoms with Crippen LogP contribution < -0.4 is 14.8 Å². The van der Waals surface area contributed by atoms with Crippen molar-refractivity contribution in [2.24, 2.45) is 11.8 Å². The second-order valence-electron chi connectivity index (χ2n) is 6.65. The standard InChI is InChI=1S/C17H21NO3/c1-11-9-13(11)16(19)18-12-5-6-14-15(10-12)21-17(20-14)7-3-2-4-8-17/h5-6,10-11,13H,2-4,7-9H2,1H3,(H,18,19)/t11-,13+/m0/s1. The highest BCUT2D eigenvalue weighted by Crippen LogP contribution is 2.46. The highest BCUT2D eigenvalue weighted by atomic mass is 16.7. The minimum Gasteiger partial charge on any atom is -0.448 e. The lowest BCUT2D eigenvalue weighted by molar-refractivity contribution is -0.117. The molecule has 4 nitrogen and oxygen atoms in total. The molecule has 1 amide bonds. The van der Waals surface area contributed by atoms with Crippen LogP contribution in [0.15, 0.2) is 18.2 Å². The molecule has 1 heterocycles. The van der Waals surface area contributed by atoms with Gasteiger partial charge in [0.1, 0.15) is 0 Å². The van der Waals surface area contributed by atoms with Crippen molar-refractivity contribution in [2.45, 2.75) is 51.2 Å². The topological polar surface area (TPSA) is 47.6 Å². The van der Waals surface area contributed by atoms with Gasteiger partial charge in [-0.15, -0.1) is 0 Å². The van der Waals surface area contributed by atoms with Gasteiger partial charge >= 0.3 is 0 Å². The van der Waals surface area contributed by atoms with E-state index in [0.717, 1.165) is 49.3 Å². The van der Waals surface area contributed by atoms with Gasteiger partial charge in [-0.25, -0.2) is 0 Å². The molecule has 0 radical (unpaired) electrons. The van der Waals surface area contributed by atoms with Gasteiger partial charge in [0.25, 0.3) is 5.79 Å². The van der Waals surface area contributed by atoms with Crippen molar-refractivity contribution in [3.63, 3.8) is 0 Å². The average molecular weight is 287 g/mol. The molecule has 1 N–H and O–H groups in total. The Hall–Kier alpha value is -1.71. The van der Waals surface area contributed by atoms with Crippen molar-refractivity contribution in [1.29, 1.82) is 0 Å². The molecule has 3 aliphatic rings. The summed E-state index contributed by atoms with van der Waals surface area (Å²) in [6.45, 7) is 2.11. The van der Waals surface area contributed by atoms with Crippen LogP contribution in [0.5, 0.6) is 11.5 Å². The van der Waals surface area contributed by atoms with E-state index in [1.807, 2.05) is 18.2 Å². The van der Waals surface area contributed by atoms with E-state index in [1.54, 1.807) is 0 Å². The number of ether oxygens (including phenoxy) is 2. The molecule has 1 aliphatic heterocycles. The van der Waals surface area contributed by atoms with Crippen molar-refractivity contribution in [3.8, 4) is 11.5 Å². The summed E-state index contributed by atoms with van der Waals surface area (Å²) in [5.74, 6) is 1.93. The molecule has 0 aromatic heterocycles. The lowest BCUT2D eigenvalue weighted by Gasteiger charge is -2.31. The maximum atomic E-state index is 12.0. The van der Waals surface area contributed by atoms with Gasteiger partial charge in [-0.3, -0.25) is 4.79 Å². The van der Waals surface area contributed by atoms with Gasteiger partial charge in [0.2, 0.25) is 5.91 Å². The van der Waals surface area contributed by atoms with E-state index in [9.17, 15) is 4.79 Å². The second-order valence-corrected chi connectivity index (χ2v) is 6.65. The molecule has 21 heavy (non-hydrogen) atoms. The van der Waals surface area contributed by atoms with Gasteiger partial charge in [-0.1, -0.05) is 13.3 Å². The first-order valence-electron chi connectivity index (χ1n) is 7.98. The smallest absolute Gasteiger partial charge is 0.251 e. The maximum absolute atomic E-state index is 12.0. The number of nitrogens with one attached hydrogen (secondary N) is 1. The number of carbonyl (C=O) groups excluding carboxylic acids is 1. The van der Waals surface area contributed by atoms with Crippen molar-refractivity contribution in [2.75, 3.05) is 5.32 Å². The molecule has 1 aromatic carbocycles. The third-order valence-corrected chi connectivity index (χ3v) is 4.86. The van der Waals surface area contributed by atoms with Crippen LogP contribution in [0.4, 0.5) is 5.69 Å². The number of amides is 1. The molecule has 4 rings (SSSR count). The van der Waals surface area contributed by atoms with Gasteiger partial charge in [-0.05, 0) is 37.3 Å². The Morgan fingerprint density at radius 3 is 2.62 bits per heavy atom. The van der Waals surface area contributed by atoms with Crippen LogP contribution >= 0.6 is 0 Å². The van der Waals surface area contributed by atoms with Crippen LogP contribution in [0.1, 0.15) is 45.4 Å². The molecule has 2 aliphatic carbocycles. The quantitative estimate of drug-likeness (QED) is 0.902. The van der Waals surface area contributed by atoms with Crippen LogP contribution in [0, 0.1) is 11.8 Å². The molecule has 1 aromatic rings. The van der Waals surface area contributed by atoms with Crippen LogP contribution in [-0.4, -0.2) is 11.7 Å². The van der Waals surface area contributed by atoms with E-state index in [1.165, 1.54) is 6.42 Å². The van der Waals surface area contributed by atoms with Gasteiger partial charge in [-0.2, -0.15) is 0 Å². The number of hydrogen-bond donors (Lipinski definition) is 1. The van der Waals surface area contributed by atoms with Crippen LogP contribution in [-0.2, 0) is 4.79 Å². The van der Waals surface area contributed by atoms with E-state index in [-0.39, 0.29) is 11.8 Å². The summed E-state index contributed by atoms with van der Waals surface area (Å²) in [6, 6.07) is 5.70. The van der Waals surface area contributed by atoms with E-state index < -0.39 is 5.79 Å². The highest BCUT2D eigenvalue weighted by molar-refractivity contribution is 5.94. The third-order valence-electron chi connectivity index (χ3n) is 4.86. The summed E-state index contributed by atoms with van der Waals surface area (Å²) < 4.78 is 12.1. The SMILES string of the molecule is C[C@H]1C[C@H]1C(=O)Nc1ccc2c(c1)OC1(CCCCC1)O2. The fourth-order valence-corrected chi connectivity index (χ4v) is 3.39. The van der Waals surface area contributed by atoms with Gasteiger partial charge in [0.05, 0.1) is 0 Å². The molecule has 1 spiro atoms. The number of benzene rings is 1.